The number of carbonyl (C=O) groups excluding carboxylic acids is 2. The summed E-state index contributed by atoms with van der Waals surface area (Å²) in [5.74, 6) is -0.910. The second-order valence-electron chi connectivity index (χ2n) is 6.30. The zero-order valence-electron chi connectivity index (χ0n) is 15.8. The highest BCUT2D eigenvalue weighted by molar-refractivity contribution is 7.91. The minimum absolute atomic E-state index is 0.0142. The highest BCUT2D eigenvalue weighted by Crippen LogP contribution is 2.37. The molecular weight excluding hydrogens is 398 g/mol. The highest BCUT2D eigenvalue weighted by atomic mass is 32.2. The molecule has 1 aliphatic rings. The fourth-order valence-electron chi connectivity index (χ4n) is 2.78. The molecule has 3 rings (SSSR count). The third-order valence-corrected chi connectivity index (χ3v) is 6.39. The molecule has 0 saturated heterocycles. The maximum Gasteiger partial charge on any atom is 0.309 e. The fraction of sp³-hybridized carbons (Fsp3) is 0.316. The summed E-state index contributed by atoms with van der Waals surface area (Å²) in [6, 6.07) is 7.53. The van der Waals surface area contributed by atoms with E-state index in [1.165, 1.54) is 30.6 Å². The maximum absolute atomic E-state index is 13.3. The Bertz CT molecular complexity index is 994. The first-order chi connectivity index (χ1) is 13.9. The van der Waals surface area contributed by atoms with Gasteiger partial charge in [0, 0.05) is 31.5 Å². The molecule has 0 aliphatic carbocycles. The van der Waals surface area contributed by atoms with Crippen LogP contribution in [0.5, 0.6) is 11.5 Å². The monoisotopic (exact) mass is 419 g/mol. The molecule has 0 fully saturated rings. The van der Waals surface area contributed by atoms with E-state index in [-0.39, 0.29) is 18.2 Å². The number of sulfone groups is 1. The van der Waals surface area contributed by atoms with Gasteiger partial charge in [-0.25, -0.2) is 8.42 Å². The Balaban J connectivity index is 1.86. The Morgan fingerprint density at radius 1 is 1.14 bits per heavy atom. The third-order valence-electron chi connectivity index (χ3n) is 4.29. The predicted octanol–water partition coefficient (Wildman–Crippen LogP) is 0.968. The normalized spacial score (nSPS) is 13.6. The Kier molecular flexibility index (Phi) is 6.32. The molecule has 2 N–H and O–H groups in total. The van der Waals surface area contributed by atoms with Gasteiger partial charge in [0.25, 0.3) is 0 Å². The average Bonchev–Trinajstić information content (AvgIpc) is 3.20. The van der Waals surface area contributed by atoms with E-state index in [2.05, 4.69) is 15.6 Å². The van der Waals surface area contributed by atoms with Gasteiger partial charge >= 0.3 is 11.8 Å². The number of hydrogen-bond donors (Lipinski definition) is 2. The first-order valence-corrected chi connectivity index (χ1v) is 10.6. The summed E-state index contributed by atoms with van der Waals surface area (Å²) in [6.07, 6.45) is 3.61. The van der Waals surface area contributed by atoms with Crippen molar-refractivity contribution in [2.24, 2.45) is 0 Å². The van der Waals surface area contributed by atoms with E-state index >= 15 is 0 Å². The van der Waals surface area contributed by atoms with Crippen molar-refractivity contribution in [3.63, 3.8) is 0 Å². The van der Waals surface area contributed by atoms with Crippen molar-refractivity contribution in [3.05, 3.63) is 48.3 Å². The summed E-state index contributed by atoms with van der Waals surface area (Å²) < 4.78 is 37.1. The molecule has 154 valence electrons. The molecule has 0 bridgehead atoms. The van der Waals surface area contributed by atoms with Crippen molar-refractivity contribution < 1.29 is 27.5 Å². The molecule has 2 amide bonds. The number of pyridine rings is 1. The molecule has 1 atom stereocenters. The third kappa shape index (κ3) is 4.65. The van der Waals surface area contributed by atoms with E-state index < -0.39 is 26.9 Å². The van der Waals surface area contributed by atoms with Crippen LogP contribution in [0.4, 0.5) is 0 Å². The van der Waals surface area contributed by atoms with Gasteiger partial charge in [-0.05, 0) is 30.2 Å². The van der Waals surface area contributed by atoms with Crippen LogP contribution >= 0.6 is 0 Å². The van der Waals surface area contributed by atoms with Gasteiger partial charge in [-0.3, -0.25) is 14.6 Å². The van der Waals surface area contributed by atoms with Crippen molar-refractivity contribution in [3.8, 4) is 11.5 Å². The molecule has 2 aromatic rings. The van der Waals surface area contributed by atoms with Crippen molar-refractivity contribution in [2.75, 3.05) is 19.9 Å². The molecule has 0 radical (unpaired) electrons. The zero-order chi connectivity index (χ0) is 20.9. The van der Waals surface area contributed by atoms with Crippen molar-refractivity contribution in [1.82, 2.24) is 15.6 Å². The zero-order valence-corrected chi connectivity index (χ0v) is 16.6. The number of carbonyl (C=O) groups is 2. The van der Waals surface area contributed by atoms with E-state index in [4.69, 9.17) is 9.47 Å². The number of nitrogens with zero attached hydrogens (tertiary/aromatic N) is 1. The molecule has 9 nitrogen and oxygen atoms in total. The van der Waals surface area contributed by atoms with E-state index in [0.717, 1.165) is 0 Å². The van der Waals surface area contributed by atoms with E-state index in [1.54, 1.807) is 12.1 Å². The van der Waals surface area contributed by atoms with Crippen molar-refractivity contribution in [1.29, 1.82) is 0 Å². The Morgan fingerprint density at radius 2 is 1.90 bits per heavy atom. The Morgan fingerprint density at radius 3 is 2.62 bits per heavy atom. The van der Waals surface area contributed by atoms with Gasteiger partial charge < -0.3 is 20.1 Å². The number of fused-ring (bicyclic) bond motifs is 1. The van der Waals surface area contributed by atoms with Crippen molar-refractivity contribution in [2.45, 2.75) is 23.5 Å². The van der Waals surface area contributed by atoms with E-state index in [9.17, 15) is 18.0 Å². The highest BCUT2D eigenvalue weighted by Gasteiger charge is 2.32. The van der Waals surface area contributed by atoms with Crippen LogP contribution in [-0.2, 0) is 19.4 Å². The molecule has 2 heterocycles. The summed E-state index contributed by atoms with van der Waals surface area (Å²) in [7, 11) is -3.94. The number of aromatic nitrogens is 1. The second-order valence-corrected chi connectivity index (χ2v) is 8.43. The fourth-order valence-corrected chi connectivity index (χ4v) is 4.43. The van der Waals surface area contributed by atoms with Gasteiger partial charge in [0.15, 0.2) is 21.3 Å². The van der Waals surface area contributed by atoms with Gasteiger partial charge in [-0.2, -0.15) is 0 Å². The Hall–Kier alpha value is -3.14. The number of amides is 2. The quantitative estimate of drug-likeness (QED) is 0.641. The summed E-state index contributed by atoms with van der Waals surface area (Å²) in [4.78, 5) is 27.8. The van der Waals surface area contributed by atoms with Gasteiger partial charge in [0.2, 0.25) is 6.79 Å². The van der Waals surface area contributed by atoms with Gasteiger partial charge in [0.1, 0.15) is 5.25 Å². The second kappa shape index (κ2) is 8.91. The molecule has 1 aromatic carbocycles. The molecular formula is C19H21N3O6S. The average molecular weight is 419 g/mol. The lowest BCUT2D eigenvalue weighted by molar-refractivity contribution is -0.139. The van der Waals surface area contributed by atoms with Crippen LogP contribution in [0, 0.1) is 0 Å². The Labute approximate surface area is 168 Å². The summed E-state index contributed by atoms with van der Waals surface area (Å²) >= 11 is 0. The largest absolute Gasteiger partial charge is 0.454 e. The van der Waals surface area contributed by atoms with Crippen molar-refractivity contribution >= 4 is 21.7 Å². The lowest BCUT2D eigenvalue weighted by Gasteiger charge is -2.19. The number of ether oxygens (including phenoxy) is 2. The molecule has 1 aromatic heterocycles. The molecule has 0 spiro atoms. The molecule has 29 heavy (non-hydrogen) atoms. The van der Waals surface area contributed by atoms with Crippen LogP contribution in [0.2, 0.25) is 0 Å². The first kappa shape index (κ1) is 20.6. The minimum atomic E-state index is -3.94. The van der Waals surface area contributed by atoms with Crippen LogP contribution in [0.1, 0.15) is 24.2 Å². The van der Waals surface area contributed by atoms with Gasteiger partial charge in [-0.15, -0.1) is 0 Å². The first-order valence-electron chi connectivity index (χ1n) is 9.03. The number of hydrogen-bond acceptors (Lipinski definition) is 7. The maximum atomic E-state index is 13.3. The SMILES string of the molecule is CCCNC(=O)C(=O)NC[C@H](c1cccnc1)S(=O)(=O)c1ccc2c(c1)OCO2. The van der Waals surface area contributed by atoms with E-state index in [0.29, 0.717) is 30.0 Å². The molecule has 10 heteroatoms. The smallest absolute Gasteiger partial charge is 0.309 e. The summed E-state index contributed by atoms with van der Waals surface area (Å²) in [5.41, 5.74) is 0.388. The molecule has 0 unspecified atom stereocenters. The lowest BCUT2D eigenvalue weighted by atomic mass is 10.2. The molecule has 0 saturated carbocycles. The minimum Gasteiger partial charge on any atom is -0.454 e. The van der Waals surface area contributed by atoms with Crippen LogP contribution in [0.15, 0.2) is 47.6 Å². The predicted molar refractivity (Wildman–Crippen MR) is 103 cm³/mol. The number of rotatable bonds is 7. The number of nitrogens with one attached hydrogen (secondary N) is 2. The van der Waals surface area contributed by atoms with Gasteiger partial charge in [-0.1, -0.05) is 13.0 Å². The molecule has 1 aliphatic heterocycles. The number of benzene rings is 1. The standard InChI is InChI=1S/C19H21N3O6S/c1-2-7-21-18(23)19(24)22-11-17(13-4-3-8-20-10-13)29(25,26)14-5-6-15-16(9-14)28-12-27-15/h3-6,8-10,17H,2,7,11-12H2,1H3,(H,21,23)(H,22,24)/t17-/m1/s1. The van der Waals surface area contributed by atoms with Crippen LogP contribution < -0.4 is 20.1 Å². The van der Waals surface area contributed by atoms with Crippen LogP contribution in [0.25, 0.3) is 0 Å². The lowest BCUT2D eigenvalue weighted by Crippen LogP contribution is -2.42. The van der Waals surface area contributed by atoms with Gasteiger partial charge in [0.05, 0.1) is 4.90 Å². The van der Waals surface area contributed by atoms with E-state index in [1.807, 2.05) is 6.92 Å². The summed E-state index contributed by atoms with van der Waals surface area (Å²) in [5, 5.41) is 3.72. The van der Waals surface area contributed by atoms with Crippen LogP contribution in [-0.4, -0.2) is 45.1 Å². The van der Waals surface area contributed by atoms with Crippen LogP contribution in [0.3, 0.4) is 0 Å². The topological polar surface area (TPSA) is 124 Å². The summed E-state index contributed by atoms with van der Waals surface area (Å²) in [6.45, 7) is 1.94.